The zero-order valence-electron chi connectivity index (χ0n) is 14.6. The molecule has 0 aliphatic carbocycles. The molecule has 3 rings (SSSR count). The number of hydrogen-bond donors (Lipinski definition) is 0. The molecular weight excluding hydrogens is 318 g/mol. The second kappa shape index (κ2) is 6.65. The van der Waals surface area contributed by atoms with Crippen molar-refractivity contribution >= 4 is 17.2 Å². The molecule has 3 aromatic rings. The first-order chi connectivity index (χ1) is 11.5. The zero-order chi connectivity index (χ0) is 17.3. The fraction of sp³-hybridized carbons (Fsp3) is 0.333. The molecule has 124 valence electrons. The van der Waals surface area contributed by atoms with Crippen LogP contribution in [-0.2, 0) is 0 Å². The van der Waals surface area contributed by atoms with Crippen molar-refractivity contribution in [3.8, 4) is 11.4 Å². The molecule has 0 spiro atoms. The highest BCUT2D eigenvalue weighted by Crippen LogP contribution is 2.31. The molecule has 0 saturated heterocycles. The van der Waals surface area contributed by atoms with Crippen LogP contribution in [0.3, 0.4) is 0 Å². The van der Waals surface area contributed by atoms with Crippen molar-refractivity contribution < 1.29 is 0 Å². The number of aromatic nitrogens is 4. The molecule has 0 radical (unpaired) electrons. The van der Waals surface area contributed by atoms with Crippen molar-refractivity contribution in [3.63, 3.8) is 0 Å². The highest BCUT2D eigenvalue weighted by atomic mass is 32.1. The summed E-state index contributed by atoms with van der Waals surface area (Å²) < 4.78 is 0. The first kappa shape index (κ1) is 16.5. The molecule has 0 aromatic carbocycles. The van der Waals surface area contributed by atoms with E-state index in [1.807, 2.05) is 32.0 Å². The monoisotopic (exact) mass is 339 g/mol. The molecule has 0 fully saturated rings. The molecule has 24 heavy (non-hydrogen) atoms. The Morgan fingerprint density at radius 2 is 1.75 bits per heavy atom. The van der Waals surface area contributed by atoms with E-state index in [0.29, 0.717) is 0 Å². The first-order valence-electron chi connectivity index (χ1n) is 7.88. The van der Waals surface area contributed by atoms with E-state index < -0.39 is 0 Å². The Morgan fingerprint density at radius 3 is 2.38 bits per heavy atom. The van der Waals surface area contributed by atoms with Crippen molar-refractivity contribution in [2.75, 3.05) is 11.9 Å². The number of thiazole rings is 1. The molecule has 0 aliphatic rings. The first-order valence-corrected chi connectivity index (χ1v) is 8.70. The Hall–Kier alpha value is -2.34. The normalized spacial score (nSPS) is 12.2. The molecule has 0 saturated carbocycles. The predicted molar refractivity (Wildman–Crippen MR) is 98.4 cm³/mol. The molecule has 3 aromatic heterocycles. The number of pyridine rings is 1. The number of anilines is 1. The lowest BCUT2D eigenvalue weighted by atomic mass is 10.2. The summed E-state index contributed by atoms with van der Waals surface area (Å²) in [4.78, 5) is 21.4. The standard InChI is InChI=1S/C18H21N5S/c1-11-10-16(22-18(20-11)15-6-8-19-9-7-15)23(5)13(3)17-12(2)21-14(4)24-17/h6-10,13H,1-5H3/t13-/m0/s1. The van der Waals surface area contributed by atoms with Gasteiger partial charge in [-0.1, -0.05) is 0 Å². The highest BCUT2D eigenvalue weighted by molar-refractivity contribution is 7.11. The molecular formula is C18H21N5S. The van der Waals surface area contributed by atoms with Gasteiger partial charge < -0.3 is 4.90 Å². The van der Waals surface area contributed by atoms with E-state index in [9.17, 15) is 0 Å². The molecule has 0 bridgehead atoms. The van der Waals surface area contributed by atoms with Crippen LogP contribution in [0.1, 0.15) is 34.2 Å². The van der Waals surface area contributed by atoms with Crippen molar-refractivity contribution in [3.05, 3.63) is 51.9 Å². The maximum Gasteiger partial charge on any atom is 0.161 e. The van der Waals surface area contributed by atoms with E-state index in [0.717, 1.165) is 33.6 Å². The van der Waals surface area contributed by atoms with Gasteiger partial charge in [-0.25, -0.2) is 15.0 Å². The van der Waals surface area contributed by atoms with Crippen LogP contribution in [0.2, 0.25) is 0 Å². The van der Waals surface area contributed by atoms with Crippen LogP contribution < -0.4 is 4.90 Å². The minimum atomic E-state index is 0.204. The Kier molecular flexibility index (Phi) is 4.57. The summed E-state index contributed by atoms with van der Waals surface area (Å²) in [5.74, 6) is 1.64. The van der Waals surface area contributed by atoms with Crippen molar-refractivity contribution in [2.24, 2.45) is 0 Å². The average molecular weight is 339 g/mol. The third kappa shape index (κ3) is 3.28. The quantitative estimate of drug-likeness (QED) is 0.716. The molecule has 0 amide bonds. The summed E-state index contributed by atoms with van der Waals surface area (Å²) in [5.41, 5.74) is 3.01. The minimum Gasteiger partial charge on any atom is -0.352 e. The zero-order valence-corrected chi connectivity index (χ0v) is 15.4. The van der Waals surface area contributed by atoms with Gasteiger partial charge in [0.1, 0.15) is 5.82 Å². The van der Waals surface area contributed by atoms with Gasteiger partial charge in [0.05, 0.1) is 16.7 Å². The third-order valence-corrected chi connectivity index (χ3v) is 5.28. The van der Waals surface area contributed by atoms with E-state index in [-0.39, 0.29) is 6.04 Å². The predicted octanol–water partition coefficient (Wildman–Crippen LogP) is 4.12. The average Bonchev–Trinajstić information content (AvgIpc) is 2.92. The number of rotatable bonds is 4. The van der Waals surface area contributed by atoms with E-state index in [2.05, 4.69) is 40.7 Å². The SMILES string of the molecule is Cc1cc(N(C)[C@@H](C)c2sc(C)nc2C)nc(-c2ccncc2)n1. The van der Waals surface area contributed by atoms with Gasteiger partial charge in [0.25, 0.3) is 0 Å². The van der Waals surface area contributed by atoms with E-state index >= 15 is 0 Å². The third-order valence-electron chi connectivity index (χ3n) is 4.04. The van der Waals surface area contributed by atoms with Gasteiger partial charge >= 0.3 is 0 Å². The van der Waals surface area contributed by atoms with Crippen molar-refractivity contribution in [2.45, 2.75) is 33.7 Å². The van der Waals surface area contributed by atoms with E-state index in [1.54, 1.807) is 23.7 Å². The second-order valence-electron chi connectivity index (χ2n) is 5.90. The number of hydrogen-bond acceptors (Lipinski definition) is 6. The molecule has 0 unspecified atom stereocenters. The van der Waals surface area contributed by atoms with Crippen LogP contribution in [-0.4, -0.2) is 27.0 Å². The summed E-state index contributed by atoms with van der Waals surface area (Å²) in [5, 5.41) is 1.10. The molecule has 0 aliphatic heterocycles. The highest BCUT2D eigenvalue weighted by Gasteiger charge is 2.19. The second-order valence-corrected chi connectivity index (χ2v) is 7.13. The summed E-state index contributed by atoms with van der Waals surface area (Å²) in [7, 11) is 2.07. The minimum absolute atomic E-state index is 0.204. The van der Waals surface area contributed by atoms with Gasteiger partial charge in [0, 0.05) is 41.6 Å². The van der Waals surface area contributed by atoms with E-state index in [4.69, 9.17) is 4.98 Å². The Labute approximate surface area is 146 Å². The number of aryl methyl sites for hydroxylation is 3. The van der Waals surface area contributed by atoms with Gasteiger partial charge in [0.15, 0.2) is 5.82 Å². The summed E-state index contributed by atoms with van der Waals surface area (Å²) in [6, 6.07) is 6.08. The number of nitrogens with zero attached hydrogens (tertiary/aromatic N) is 5. The van der Waals surface area contributed by atoms with Gasteiger partial charge in [0.2, 0.25) is 0 Å². The van der Waals surface area contributed by atoms with Crippen LogP contribution in [0.15, 0.2) is 30.6 Å². The molecule has 6 heteroatoms. The lowest BCUT2D eigenvalue weighted by molar-refractivity contribution is 0.732. The summed E-state index contributed by atoms with van der Waals surface area (Å²) in [6.07, 6.45) is 3.52. The lowest BCUT2D eigenvalue weighted by Gasteiger charge is -2.26. The Balaban J connectivity index is 1.97. The summed E-state index contributed by atoms with van der Waals surface area (Å²) in [6.45, 7) is 8.29. The molecule has 5 nitrogen and oxygen atoms in total. The van der Waals surface area contributed by atoms with E-state index in [1.165, 1.54) is 4.88 Å². The van der Waals surface area contributed by atoms with Crippen LogP contribution in [0.25, 0.3) is 11.4 Å². The van der Waals surface area contributed by atoms with Gasteiger partial charge in [-0.3, -0.25) is 4.98 Å². The smallest absolute Gasteiger partial charge is 0.161 e. The fourth-order valence-electron chi connectivity index (χ4n) is 2.67. The van der Waals surface area contributed by atoms with Crippen LogP contribution >= 0.6 is 11.3 Å². The largest absolute Gasteiger partial charge is 0.352 e. The summed E-state index contributed by atoms with van der Waals surface area (Å²) >= 11 is 1.75. The van der Waals surface area contributed by atoms with Gasteiger partial charge in [-0.15, -0.1) is 11.3 Å². The molecule has 1 atom stereocenters. The van der Waals surface area contributed by atoms with Gasteiger partial charge in [-0.05, 0) is 39.8 Å². The van der Waals surface area contributed by atoms with Crippen molar-refractivity contribution in [1.29, 1.82) is 0 Å². The topological polar surface area (TPSA) is 54.8 Å². The fourth-order valence-corrected chi connectivity index (χ4v) is 3.69. The maximum atomic E-state index is 4.76. The Morgan fingerprint density at radius 1 is 1.04 bits per heavy atom. The van der Waals surface area contributed by atoms with Crippen molar-refractivity contribution in [1.82, 2.24) is 19.9 Å². The Bertz CT molecular complexity index is 844. The van der Waals surface area contributed by atoms with Crippen LogP contribution in [0, 0.1) is 20.8 Å². The molecule has 3 heterocycles. The van der Waals surface area contributed by atoms with Gasteiger partial charge in [-0.2, -0.15) is 0 Å². The maximum absolute atomic E-state index is 4.76. The molecule has 0 N–H and O–H groups in total. The lowest BCUT2D eigenvalue weighted by Crippen LogP contribution is -2.23. The van der Waals surface area contributed by atoms with Crippen LogP contribution in [0.5, 0.6) is 0 Å². The van der Waals surface area contributed by atoms with Crippen LogP contribution in [0.4, 0.5) is 5.82 Å².